The summed E-state index contributed by atoms with van der Waals surface area (Å²) in [6.07, 6.45) is 1.71. The van der Waals surface area contributed by atoms with Gasteiger partial charge < -0.3 is 0 Å². The first-order chi connectivity index (χ1) is 4.79. The molecule has 0 saturated carbocycles. The number of aromatic nitrogens is 2. The predicted octanol–water partition coefficient (Wildman–Crippen LogP) is 1.69. The van der Waals surface area contributed by atoms with Crippen molar-refractivity contribution in [3.8, 4) is 0 Å². The Bertz CT molecular complexity index is 260. The third-order valence-corrected chi connectivity index (χ3v) is 1.33. The summed E-state index contributed by atoms with van der Waals surface area (Å²) in [7, 11) is 0. The number of rotatable bonds is 2. The number of hydrogen-bond donors (Lipinski definition) is 1. The number of nitrogens with one attached hydrogen (secondary N) is 1. The molecule has 0 aromatic carbocycles. The van der Waals surface area contributed by atoms with E-state index in [2.05, 4.69) is 28.5 Å². The molecule has 0 aliphatic heterocycles. The summed E-state index contributed by atoms with van der Waals surface area (Å²) in [5, 5.41) is 6.66. The van der Waals surface area contributed by atoms with Gasteiger partial charge in [-0.15, -0.1) is 0 Å². The summed E-state index contributed by atoms with van der Waals surface area (Å²) >= 11 is 0. The van der Waals surface area contributed by atoms with Gasteiger partial charge in [0.15, 0.2) is 5.82 Å². The Balaban J connectivity index is 3.25. The van der Waals surface area contributed by atoms with Gasteiger partial charge in [0.1, 0.15) is 0 Å². The molecule has 1 N–H and O–H groups in total. The molecule has 0 radical (unpaired) electrons. The van der Waals surface area contributed by atoms with Crippen LogP contribution in [0.1, 0.15) is 11.3 Å². The summed E-state index contributed by atoms with van der Waals surface area (Å²) in [6, 6.07) is 0. The van der Waals surface area contributed by atoms with Crippen molar-refractivity contribution in [1.29, 1.82) is 0 Å². The fraction of sp³-hybridized carbons (Fsp3) is 0.143. The number of nitrogens with zero attached hydrogens (tertiary/aromatic N) is 2. The summed E-state index contributed by atoms with van der Waals surface area (Å²) in [5.41, 5.74) is 1.90. The minimum atomic E-state index is 0.618. The van der Waals surface area contributed by atoms with Crippen molar-refractivity contribution < 1.29 is 0 Å². The highest BCUT2D eigenvalue weighted by atomic mass is 15.2. The number of hydrogen-bond acceptors (Lipinski definition) is 2. The van der Waals surface area contributed by atoms with Gasteiger partial charge in [0.2, 0.25) is 0 Å². The summed E-state index contributed by atoms with van der Waals surface area (Å²) in [4.78, 5) is 3.70. The van der Waals surface area contributed by atoms with E-state index in [4.69, 9.17) is 0 Å². The number of aromatic amines is 1. The molecule has 10 heavy (non-hydrogen) atoms. The standard InChI is InChI=1S/C7H9N3/c1-4-6-5(2)9-10-7(6)8-3/h4H,1,3H2,2H3,(H,9,10). The van der Waals surface area contributed by atoms with Gasteiger partial charge in [-0.2, -0.15) is 5.10 Å². The Morgan fingerprint density at radius 3 is 2.80 bits per heavy atom. The van der Waals surface area contributed by atoms with Gasteiger partial charge >= 0.3 is 0 Å². The molecule has 0 fully saturated rings. The van der Waals surface area contributed by atoms with Crippen LogP contribution in [0.3, 0.4) is 0 Å². The second-order valence-corrected chi connectivity index (χ2v) is 1.95. The second-order valence-electron chi connectivity index (χ2n) is 1.95. The molecule has 0 unspecified atom stereocenters. The molecule has 1 aromatic heterocycles. The zero-order valence-electron chi connectivity index (χ0n) is 5.89. The zero-order valence-corrected chi connectivity index (χ0v) is 5.89. The van der Waals surface area contributed by atoms with E-state index in [1.807, 2.05) is 6.92 Å². The first kappa shape index (κ1) is 6.74. The molecule has 0 atom stereocenters. The van der Waals surface area contributed by atoms with E-state index in [0.29, 0.717) is 5.82 Å². The van der Waals surface area contributed by atoms with Crippen LogP contribution in [0.25, 0.3) is 6.08 Å². The first-order valence-corrected chi connectivity index (χ1v) is 2.93. The predicted molar refractivity (Wildman–Crippen MR) is 42.6 cm³/mol. The first-order valence-electron chi connectivity index (χ1n) is 2.93. The van der Waals surface area contributed by atoms with Crippen LogP contribution in [0.4, 0.5) is 5.82 Å². The lowest BCUT2D eigenvalue weighted by molar-refractivity contribution is 1.04. The highest BCUT2D eigenvalue weighted by Gasteiger charge is 2.02. The van der Waals surface area contributed by atoms with Crippen LogP contribution >= 0.6 is 0 Å². The Labute approximate surface area is 59.5 Å². The molecule has 0 aliphatic carbocycles. The summed E-state index contributed by atoms with van der Waals surface area (Å²) in [5.74, 6) is 0.618. The lowest BCUT2D eigenvalue weighted by Crippen LogP contribution is -1.71. The van der Waals surface area contributed by atoms with E-state index >= 15 is 0 Å². The maximum absolute atomic E-state index is 3.88. The van der Waals surface area contributed by atoms with Crippen LogP contribution in [0, 0.1) is 6.92 Å². The topological polar surface area (TPSA) is 41.0 Å². The molecule has 0 saturated heterocycles. The van der Waals surface area contributed by atoms with Crippen LogP contribution in [0.15, 0.2) is 11.6 Å². The Hall–Kier alpha value is -1.38. The Kier molecular flexibility index (Phi) is 1.67. The van der Waals surface area contributed by atoms with E-state index in [-0.39, 0.29) is 0 Å². The zero-order chi connectivity index (χ0) is 7.56. The highest BCUT2D eigenvalue weighted by molar-refractivity contribution is 5.63. The Morgan fingerprint density at radius 1 is 1.70 bits per heavy atom. The van der Waals surface area contributed by atoms with Crippen LogP contribution in [0.5, 0.6) is 0 Å². The normalized spacial score (nSPS) is 9.30. The van der Waals surface area contributed by atoms with Crippen LogP contribution < -0.4 is 0 Å². The van der Waals surface area contributed by atoms with E-state index in [1.165, 1.54) is 0 Å². The maximum atomic E-state index is 3.88. The molecule has 0 spiro atoms. The fourth-order valence-electron chi connectivity index (χ4n) is 0.790. The highest BCUT2D eigenvalue weighted by Crippen LogP contribution is 2.18. The quantitative estimate of drug-likeness (QED) is 0.616. The minimum Gasteiger partial charge on any atom is -0.280 e. The average Bonchev–Trinajstić information content (AvgIpc) is 2.30. The van der Waals surface area contributed by atoms with E-state index < -0.39 is 0 Å². The van der Waals surface area contributed by atoms with Crippen molar-refractivity contribution in [2.24, 2.45) is 4.99 Å². The van der Waals surface area contributed by atoms with E-state index in [0.717, 1.165) is 11.3 Å². The Morgan fingerprint density at radius 2 is 2.40 bits per heavy atom. The molecule has 52 valence electrons. The van der Waals surface area contributed by atoms with E-state index in [9.17, 15) is 0 Å². The van der Waals surface area contributed by atoms with Crippen molar-refractivity contribution in [1.82, 2.24) is 10.2 Å². The molecule has 3 heteroatoms. The van der Waals surface area contributed by atoms with Gasteiger partial charge in [-0.25, -0.2) is 4.99 Å². The molecule has 1 heterocycles. The molecular weight excluding hydrogens is 126 g/mol. The molecule has 0 aliphatic rings. The lowest BCUT2D eigenvalue weighted by Gasteiger charge is -1.86. The van der Waals surface area contributed by atoms with Gasteiger partial charge in [0.05, 0.1) is 0 Å². The molecule has 3 nitrogen and oxygen atoms in total. The molecule has 1 rings (SSSR count). The smallest absolute Gasteiger partial charge is 0.180 e. The third kappa shape index (κ3) is 0.857. The molecule has 0 bridgehead atoms. The summed E-state index contributed by atoms with van der Waals surface area (Å²) in [6.45, 7) is 8.91. The number of aliphatic imine (C=N–C) groups is 1. The van der Waals surface area contributed by atoms with Gasteiger partial charge in [-0.3, -0.25) is 5.10 Å². The molecule has 1 aromatic rings. The second kappa shape index (κ2) is 2.47. The minimum absolute atomic E-state index is 0.618. The van der Waals surface area contributed by atoms with Crippen LogP contribution in [-0.2, 0) is 0 Å². The fourth-order valence-corrected chi connectivity index (χ4v) is 0.790. The van der Waals surface area contributed by atoms with Gasteiger partial charge in [0.25, 0.3) is 0 Å². The van der Waals surface area contributed by atoms with Crippen molar-refractivity contribution in [3.05, 3.63) is 17.8 Å². The van der Waals surface area contributed by atoms with Gasteiger partial charge in [-0.1, -0.05) is 12.7 Å². The third-order valence-electron chi connectivity index (χ3n) is 1.33. The summed E-state index contributed by atoms with van der Waals surface area (Å²) < 4.78 is 0. The van der Waals surface area contributed by atoms with Crippen LogP contribution in [0.2, 0.25) is 0 Å². The number of H-pyrrole nitrogens is 1. The van der Waals surface area contributed by atoms with Crippen molar-refractivity contribution in [2.75, 3.05) is 0 Å². The van der Waals surface area contributed by atoms with Gasteiger partial charge in [-0.05, 0) is 13.6 Å². The maximum Gasteiger partial charge on any atom is 0.180 e. The van der Waals surface area contributed by atoms with E-state index in [1.54, 1.807) is 6.08 Å². The van der Waals surface area contributed by atoms with Crippen molar-refractivity contribution in [2.45, 2.75) is 6.92 Å². The monoisotopic (exact) mass is 135 g/mol. The number of aryl methyl sites for hydroxylation is 1. The molecular formula is C7H9N3. The van der Waals surface area contributed by atoms with Gasteiger partial charge in [0, 0.05) is 11.3 Å². The van der Waals surface area contributed by atoms with Crippen molar-refractivity contribution >= 4 is 18.6 Å². The van der Waals surface area contributed by atoms with Crippen LogP contribution in [-0.4, -0.2) is 16.9 Å². The average molecular weight is 135 g/mol. The lowest BCUT2D eigenvalue weighted by atomic mass is 10.2. The molecule has 0 amide bonds. The van der Waals surface area contributed by atoms with Crippen molar-refractivity contribution in [3.63, 3.8) is 0 Å². The largest absolute Gasteiger partial charge is 0.280 e. The SMILES string of the molecule is C=Cc1c(N=C)n[nH]c1C.